The van der Waals surface area contributed by atoms with Gasteiger partial charge in [-0.1, -0.05) is 18.2 Å². The van der Waals surface area contributed by atoms with Crippen molar-refractivity contribution in [1.29, 1.82) is 0 Å². The summed E-state index contributed by atoms with van der Waals surface area (Å²) in [4.78, 5) is 27.8. The molecule has 1 N–H and O–H groups in total. The summed E-state index contributed by atoms with van der Waals surface area (Å²) in [5.74, 6) is 0.0259. The molecule has 0 saturated carbocycles. The molecule has 2 aromatic heterocycles. The standard InChI is InChI=1S/C23H27N3O2S/c1-16-12-21(17(2)26(16)14-20-6-5-11-29-20)22(27)15-25(4)13-18-7-9-19(10-8-18)23(28)24-3/h5-12H,13-15H2,1-4H3,(H,24,28). The number of carbonyl (C=O) groups is 2. The van der Waals surface area contributed by atoms with Gasteiger partial charge in [-0.2, -0.15) is 0 Å². The number of amides is 1. The van der Waals surface area contributed by atoms with E-state index in [0.717, 1.165) is 29.1 Å². The van der Waals surface area contributed by atoms with Gasteiger partial charge in [0, 0.05) is 41.0 Å². The third-order valence-corrected chi connectivity index (χ3v) is 5.94. The van der Waals surface area contributed by atoms with Crippen molar-refractivity contribution in [3.05, 3.63) is 80.8 Å². The van der Waals surface area contributed by atoms with Crippen LogP contribution in [0, 0.1) is 13.8 Å². The number of benzene rings is 1. The van der Waals surface area contributed by atoms with Crippen molar-refractivity contribution in [1.82, 2.24) is 14.8 Å². The second-order valence-electron chi connectivity index (χ2n) is 7.32. The van der Waals surface area contributed by atoms with E-state index in [-0.39, 0.29) is 11.7 Å². The first-order valence-corrected chi connectivity index (χ1v) is 10.5. The van der Waals surface area contributed by atoms with Crippen LogP contribution in [0.5, 0.6) is 0 Å². The molecule has 1 amide bonds. The zero-order valence-electron chi connectivity index (χ0n) is 17.4. The third-order valence-electron chi connectivity index (χ3n) is 5.08. The van der Waals surface area contributed by atoms with Crippen molar-refractivity contribution < 1.29 is 9.59 Å². The average Bonchev–Trinajstić information content (AvgIpc) is 3.31. The quantitative estimate of drug-likeness (QED) is 0.574. The molecule has 5 nitrogen and oxygen atoms in total. The van der Waals surface area contributed by atoms with Crippen LogP contribution in [0.15, 0.2) is 47.8 Å². The lowest BCUT2D eigenvalue weighted by molar-refractivity contribution is 0.0940. The van der Waals surface area contributed by atoms with Crippen LogP contribution in [0.25, 0.3) is 0 Å². The summed E-state index contributed by atoms with van der Waals surface area (Å²) in [6.07, 6.45) is 0. The molecule has 0 aliphatic heterocycles. The maximum atomic E-state index is 12.9. The van der Waals surface area contributed by atoms with Crippen molar-refractivity contribution in [3.8, 4) is 0 Å². The number of likely N-dealkylation sites (N-methyl/N-ethyl adjacent to an activating group) is 1. The summed E-state index contributed by atoms with van der Waals surface area (Å²) in [7, 11) is 3.56. The Labute approximate surface area is 176 Å². The first kappa shape index (κ1) is 21.0. The largest absolute Gasteiger partial charge is 0.355 e. The van der Waals surface area contributed by atoms with E-state index in [1.165, 1.54) is 4.88 Å². The molecule has 0 spiro atoms. The number of ketones is 1. The minimum Gasteiger partial charge on any atom is -0.355 e. The van der Waals surface area contributed by atoms with Crippen molar-refractivity contribution in [2.24, 2.45) is 0 Å². The van der Waals surface area contributed by atoms with Gasteiger partial charge in [-0.3, -0.25) is 14.5 Å². The smallest absolute Gasteiger partial charge is 0.251 e. The molecule has 0 atom stereocenters. The maximum Gasteiger partial charge on any atom is 0.251 e. The van der Waals surface area contributed by atoms with Crippen LogP contribution in [-0.2, 0) is 13.1 Å². The number of nitrogens with one attached hydrogen (secondary N) is 1. The third kappa shape index (κ3) is 5.02. The van der Waals surface area contributed by atoms with Crippen LogP contribution >= 0.6 is 11.3 Å². The number of rotatable bonds is 8. The topological polar surface area (TPSA) is 54.3 Å². The fourth-order valence-electron chi connectivity index (χ4n) is 3.49. The molecule has 0 aliphatic carbocycles. The highest BCUT2D eigenvalue weighted by atomic mass is 32.1. The monoisotopic (exact) mass is 409 g/mol. The summed E-state index contributed by atoms with van der Waals surface area (Å²) in [6.45, 7) is 5.87. The molecule has 0 fully saturated rings. The summed E-state index contributed by atoms with van der Waals surface area (Å²) < 4.78 is 2.20. The number of nitrogens with zero attached hydrogens (tertiary/aromatic N) is 2. The molecule has 2 heterocycles. The zero-order chi connectivity index (χ0) is 21.0. The van der Waals surface area contributed by atoms with Gasteiger partial charge in [-0.25, -0.2) is 0 Å². The number of aryl methyl sites for hydroxylation is 1. The SMILES string of the molecule is CNC(=O)c1ccc(CN(C)CC(=O)c2cc(C)n(Cc3cccs3)c2C)cc1. The summed E-state index contributed by atoms with van der Waals surface area (Å²) in [5.41, 5.74) is 4.61. The summed E-state index contributed by atoms with van der Waals surface area (Å²) >= 11 is 1.73. The molecule has 0 unspecified atom stereocenters. The highest BCUT2D eigenvalue weighted by Crippen LogP contribution is 2.20. The summed E-state index contributed by atoms with van der Waals surface area (Å²) in [5, 5.41) is 4.69. The lowest BCUT2D eigenvalue weighted by Crippen LogP contribution is -2.26. The normalized spacial score (nSPS) is 11.1. The number of hydrogen-bond acceptors (Lipinski definition) is 4. The first-order chi connectivity index (χ1) is 13.9. The predicted molar refractivity (Wildman–Crippen MR) is 118 cm³/mol. The van der Waals surface area contributed by atoms with Crippen LogP contribution in [-0.4, -0.2) is 41.8 Å². The molecule has 0 bridgehead atoms. The van der Waals surface area contributed by atoms with Crippen LogP contribution in [0.2, 0.25) is 0 Å². The van der Waals surface area contributed by atoms with Crippen molar-refractivity contribution in [2.75, 3.05) is 20.6 Å². The molecule has 3 aromatic rings. The van der Waals surface area contributed by atoms with Crippen molar-refractivity contribution >= 4 is 23.0 Å². The lowest BCUT2D eigenvalue weighted by atomic mass is 10.1. The van der Waals surface area contributed by atoms with Gasteiger partial charge in [0.25, 0.3) is 5.91 Å². The van der Waals surface area contributed by atoms with E-state index < -0.39 is 0 Å². The van der Waals surface area contributed by atoms with E-state index in [2.05, 4.69) is 34.3 Å². The number of hydrogen-bond donors (Lipinski definition) is 1. The molecular weight excluding hydrogens is 382 g/mol. The molecule has 1 aromatic carbocycles. The highest BCUT2D eigenvalue weighted by Gasteiger charge is 2.17. The Hall–Kier alpha value is -2.70. The van der Waals surface area contributed by atoms with Crippen LogP contribution in [0.1, 0.15) is 42.5 Å². The molecule has 0 aliphatic rings. The van der Waals surface area contributed by atoms with Crippen LogP contribution in [0.3, 0.4) is 0 Å². The van der Waals surface area contributed by atoms with Gasteiger partial charge < -0.3 is 9.88 Å². The number of Topliss-reactive ketones (excluding diaryl/α,β-unsaturated/α-hetero) is 1. The Morgan fingerprint density at radius 2 is 1.86 bits per heavy atom. The van der Waals surface area contributed by atoms with Crippen molar-refractivity contribution in [3.63, 3.8) is 0 Å². The van der Waals surface area contributed by atoms with Gasteiger partial charge in [-0.15, -0.1) is 11.3 Å². The van der Waals surface area contributed by atoms with Gasteiger partial charge in [0.1, 0.15) is 0 Å². The number of thiophene rings is 1. The fraction of sp³-hybridized carbons (Fsp3) is 0.304. The Balaban J connectivity index is 1.64. The Morgan fingerprint density at radius 3 is 2.48 bits per heavy atom. The van der Waals surface area contributed by atoms with Gasteiger partial charge in [0.05, 0.1) is 13.1 Å². The van der Waals surface area contributed by atoms with Crippen molar-refractivity contribution in [2.45, 2.75) is 26.9 Å². The second kappa shape index (κ2) is 9.20. The zero-order valence-corrected chi connectivity index (χ0v) is 18.2. The minimum absolute atomic E-state index is 0.0991. The number of carbonyl (C=O) groups excluding carboxylic acids is 2. The van der Waals surface area contributed by atoms with Crippen LogP contribution < -0.4 is 5.32 Å². The maximum absolute atomic E-state index is 12.9. The molecule has 3 rings (SSSR count). The highest BCUT2D eigenvalue weighted by molar-refractivity contribution is 7.09. The Morgan fingerprint density at radius 1 is 1.14 bits per heavy atom. The molecule has 0 saturated heterocycles. The van der Waals surface area contributed by atoms with E-state index in [1.54, 1.807) is 18.4 Å². The lowest BCUT2D eigenvalue weighted by Gasteiger charge is -2.16. The minimum atomic E-state index is -0.0991. The first-order valence-electron chi connectivity index (χ1n) is 9.61. The molecule has 152 valence electrons. The fourth-order valence-corrected chi connectivity index (χ4v) is 4.18. The van der Waals surface area contributed by atoms with Gasteiger partial charge >= 0.3 is 0 Å². The van der Waals surface area contributed by atoms with E-state index in [9.17, 15) is 9.59 Å². The number of aromatic nitrogens is 1. The summed E-state index contributed by atoms with van der Waals surface area (Å²) in [6, 6.07) is 13.6. The van der Waals surface area contributed by atoms with Gasteiger partial charge in [0.2, 0.25) is 0 Å². The van der Waals surface area contributed by atoms with Crippen LogP contribution in [0.4, 0.5) is 0 Å². The Kier molecular flexibility index (Phi) is 6.67. The molecule has 29 heavy (non-hydrogen) atoms. The van der Waals surface area contributed by atoms with E-state index in [0.29, 0.717) is 18.7 Å². The van der Waals surface area contributed by atoms with E-state index >= 15 is 0 Å². The molecule has 6 heteroatoms. The van der Waals surface area contributed by atoms with Gasteiger partial charge in [-0.05, 0) is 56.1 Å². The molecule has 0 radical (unpaired) electrons. The predicted octanol–water partition coefficient (Wildman–Crippen LogP) is 3.89. The van der Waals surface area contributed by atoms with E-state index in [4.69, 9.17) is 0 Å². The van der Waals surface area contributed by atoms with Gasteiger partial charge in [0.15, 0.2) is 5.78 Å². The average molecular weight is 410 g/mol. The molecular formula is C23H27N3O2S. The second-order valence-corrected chi connectivity index (χ2v) is 8.35. The Bertz CT molecular complexity index is 988. The van der Waals surface area contributed by atoms with E-state index in [1.807, 2.05) is 49.2 Å².